The van der Waals surface area contributed by atoms with E-state index in [9.17, 15) is 0 Å². The molecule has 1 fully saturated rings. The SMILES string of the molecule is Cc1ccc2c(c1)C1C[NH+](C)CCC1[NH2+]2. The van der Waals surface area contributed by atoms with Crippen LogP contribution in [0.2, 0.25) is 0 Å². The van der Waals surface area contributed by atoms with Crippen molar-refractivity contribution in [1.29, 1.82) is 0 Å². The van der Waals surface area contributed by atoms with Crippen LogP contribution < -0.4 is 10.2 Å². The van der Waals surface area contributed by atoms with Crippen molar-refractivity contribution in [3.8, 4) is 0 Å². The first-order valence-corrected chi connectivity index (χ1v) is 6.01. The van der Waals surface area contributed by atoms with E-state index in [2.05, 4.69) is 37.5 Å². The fourth-order valence-electron chi connectivity index (χ4n) is 3.18. The van der Waals surface area contributed by atoms with Crippen molar-refractivity contribution in [3.05, 3.63) is 29.3 Å². The smallest absolute Gasteiger partial charge is 0.133 e. The summed E-state index contributed by atoms with van der Waals surface area (Å²) in [4.78, 5) is 1.69. The number of piperidine rings is 1. The third-order valence-electron chi connectivity index (χ3n) is 4.03. The Morgan fingerprint density at radius 3 is 3.13 bits per heavy atom. The van der Waals surface area contributed by atoms with Gasteiger partial charge < -0.3 is 10.2 Å². The van der Waals surface area contributed by atoms with Gasteiger partial charge in [0.25, 0.3) is 0 Å². The number of rotatable bonds is 0. The average molecular weight is 204 g/mol. The molecule has 1 saturated heterocycles. The molecule has 0 spiro atoms. The standard InChI is InChI=1S/C13H18N2/c1-9-3-4-12-10(7-9)11-8-15(2)6-5-13(11)14-12/h3-4,7,11,13-14H,5-6,8H2,1-2H3/p+2. The predicted octanol–water partition coefficient (Wildman–Crippen LogP) is -0.426. The summed E-state index contributed by atoms with van der Waals surface area (Å²) in [7, 11) is 2.32. The lowest BCUT2D eigenvalue weighted by Gasteiger charge is -2.27. The van der Waals surface area contributed by atoms with E-state index in [1.165, 1.54) is 30.8 Å². The first-order valence-electron chi connectivity index (χ1n) is 6.01. The van der Waals surface area contributed by atoms with E-state index in [-0.39, 0.29) is 0 Å². The van der Waals surface area contributed by atoms with Gasteiger partial charge in [-0.25, -0.2) is 0 Å². The highest BCUT2D eigenvalue weighted by Gasteiger charge is 2.41. The topological polar surface area (TPSA) is 21.1 Å². The van der Waals surface area contributed by atoms with Crippen LogP contribution in [0.25, 0.3) is 0 Å². The summed E-state index contributed by atoms with van der Waals surface area (Å²) in [5, 5.41) is 2.51. The molecule has 2 aliphatic rings. The molecule has 0 aromatic heterocycles. The number of hydrogen-bond donors (Lipinski definition) is 2. The van der Waals surface area contributed by atoms with Crippen LogP contribution in [0.4, 0.5) is 5.69 Å². The van der Waals surface area contributed by atoms with Crippen molar-refractivity contribution >= 4 is 5.69 Å². The molecule has 3 N–H and O–H groups in total. The van der Waals surface area contributed by atoms with Crippen LogP contribution in [0.5, 0.6) is 0 Å². The highest BCUT2D eigenvalue weighted by Crippen LogP contribution is 2.31. The van der Waals surface area contributed by atoms with Crippen molar-refractivity contribution in [1.82, 2.24) is 0 Å². The Balaban J connectivity index is 1.98. The second-order valence-electron chi connectivity index (χ2n) is 5.27. The van der Waals surface area contributed by atoms with Gasteiger partial charge in [-0.3, -0.25) is 0 Å². The molecule has 2 aliphatic heterocycles. The summed E-state index contributed by atoms with van der Waals surface area (Å²) in [6.45, 7) is 4.86. The molecule has 1 aromatic carbocycles. The van der Waals surface area contributed by atoms with Gasteiger partial charge >= 0.3 is 0 Å². The molecule has 0 aliphatic carbocycles. The number of nitrogens with two attached hydrogens (primary N) is 1. The lowest BCUT2D eigenvalue weighted by molar-refractivity contribution is -0.892. The maximum absolute atomic E-state index is 2.51. The Bertz CT molecular complexity index is 386. The quantitative estimate of drug-likeness (QED) is 0.535. The first kappa shape index (κ1) is 9.37. The molecule has 1 aromatic rings. The fraction of sp³-hybridized carbons (Fsp3) is 0.538. The summed E-state index contributed by atoms with van der Waals surface area (Å²) >= 11 is 0. The van der Waals surface area contributed by atoms with Gasteiger partial charge in [-0.05, 0) is 19.1 Å². The van der Waals surface area contributed by atoms with Gasteiger partial charge in [0.15, 0.2) is 0 Å². The highest BCUT2D eigenvalue weighted by molar-refractivity contribution is 5.47. The van der Waals surface area contributed by atoms with Gasteiger partial charge in [0.2, 0.25) is 0 Å². The summed E-state index contributed by atoms with van der Waals surface area (Å²) in [5.74, 6) is 0.800. The van der Waals surface area contributed by atoms with E-state index in [1.807, 2.05) is 0 Å². The van der Waals surface area contributed by atoms with Crippen LogP contribution in [0.3, 0.4) is 0 Å². The van der Waals surface area contributed by atoms with Crippen molar-refractivity contribution in [2.75, 3.05) is 20.1 Å². The molecule has 2 heterocycles. The largest absolute Gasteiger partial charge is 0.336 e. The summed E-state index contributed by atoms with van der Waals surface area (Å²) in [6, 6.07) is 7.77. The molecular weight excluding hydrogens is 184 g/mol. The van der Waals surface area contributed by atoms with E-state index < -0.39 is 0 Å². The molecule has 0 saturated carbocycles. The number of likely N-dealkylation sites (tertiary alicyclic amines) is 1. The van der Waals surface area contributed by atoms with Gasteiger partial charge in [-0.2, -0.15) is 0 Å². The van der Waals surface area contributed by atoms with Gasteiger partial charge in [0.05, 0.1) is 26.1 Å². The first-order chi connectivity index (χ1) is 7.24. The molecule has 15 heavy (non-hydrogen) atoms. The van der Waals surface area contributed by atoms with Crippen molar-refractivity contribution in [2.45, 2.75) is 25.3 Å². The van der Waals surface area contributed by atoms with E-state index >= 15 is 0 Å². The monoisotopic (exact) mass is 204 g/mol. The lowest BCUT2D eigenvalue weighted by atomic mass is 9.89. The number of nitrogens with one attached hydrogen (secondary N) is 1. The maximum Gasteiger partial charge on any atom is 0.133 e. The van der Waals surface area contributed by atoms with Gasteiger partial charge in [-0.1, -0.05) is 11.6 Å². The van der Waals surface area contributed by atoms with E-state index in [4.69, 9.17) is 0 Å². The summed E-state index contributed by atoms with van der Waals surface area (Å²) in [5.41, 5.74) is 4.52. The Morgan fingerprint density at radius 2 is 2.27 bits per heavy atom. The van der Waals surface area contributed by atoms with Crippen molar-refractivity contribution in [3.63, 3.8) is 0 Å². The number of benzene rings is 1. The van der Waals surface area contributed by atoms with Gasteiger partial charge in [-0.15, -0.1) is 0 Å². The van der Waals surface area contributed by atoms with E-state index in [1.54, 1.807) is 10.5 Å². The predicted molar refractivity (Wildman–Crippen MR) is 60.5 cm³/mol. The Kier molecular flexibility index (Phi) is 2.08. The van der Waals surface area contributed by atoms with Crippen LogP contribution in [0.15, 0.2) is 18.2 Å². The van der Waals surface area contributed by atoms with Crippen LogP contribution in [-0.2, 0) is 0 Å². The summed E-state index contributed by atoms with van der Waals surface area (Å²) < 4.78 is 0. The molecule has 2 nitrogen and oxygen atoms in total. The molecule has 3 rings (SSSR count). The lowest BCUT2D eigenvalue weighted by Crippen LogP contribution is -3.12. The second kappa shape index (κ2) is 3.32. The van der Waals surface area contributed by atoms with Crippen molar-refractivity contribution < 1.29 is 10.2 Å². The van der Waals surface area contributed by atoms with Crippen LogP contribution in [0.1, 0.15) is 23.5 Å². The molecule has 0 bridgehead atoms. The third kappa shape index (κ3) is 1.48. The molecule has 0 radical (unpaired) electrons. The zero-order valence-corrected chi connectivity index (χ0v) is 9.59. The van der Waals surface area contributed by atoms with Gasteiger partial charge in [0.1, 0.15) is 11.7 Å². The van der Waals surface area contributed by atoms with Crippen LogP contribution in [-0.4, -0.2) is 26.2 Å². The average Bonchev–Trinajstić information content (AvgIpc) is 2.56. The number of fused-ring (bicyclic) bond motifs is 3. The normalized spacial score (nSPS) is 33.6. The molecule has 3 atom stereocenters. The van der Waals surface area contributed by atoms with Crippen LogP contribution in [0, 0.1) is 6.92 Å². The third-order valence-corrected chi connectivity index (χ3v) is 4.03. The number of aryl methyl sites for hydroxylation is 1. The molecule has 0 amide bonds. The molecule has 3 unspecified atom stereocenters. The Labute approximate surface area is 91.3 Å². The minimum Gasteiger partial charge on any atom is -0.336 e. The Hall–Kier alpha value is -0.860. The summed E-state index contributed by atoms with van der Waals surface area (Å²) in [6.07, 6.45) is 1.37. The fourth-order valence-corrected chi connectivity index (χ4v) is 3.18. The zero-order chi connectivity index (χ0) is 10.4. The highest BCUT2D eigenvalue weighted by atomic mass is 15.1. The van der Waals surface area contributed by atoms with Gasteiger partial charge in [0, 0.05) is 12.0 Å². The number of hydrogen-bond acceptors (Lipinski definition) is 0. The number of quaternary nitrogens is 2. The Morgan fingerprint density at radius 1 is 1.40 bits per heavy atom. The van der Waals surface area contributed by atoms with Crippen LogP contribution >= 0.6 is 0 Å². The molecule has 2 heteroatoms. The molecular formula is C13H20N2+2. The molecule has 80 valence electrons. The van der Waals surface area contributed by atoms with E-state index in [0.717, 1.165) is 12.0 Å². The van der Waals surface area contributed by atoms with E-state index in [0.29, 0.717) is 0 Å². The number of likely N-dealkylation sites (N-methyl/N-ethyl adjacent to an activating group) is 1. The zero-order valence-electron chi connectivity index (χ0n) is 9.59. The van der Waals surface area contributed by atoms with Crippen molar-refractivity contribution in [2.24, 2.45) is 0 Å². The maximum atomic E-state index is 2.51. The minimum absolute atomic E-state index is 0.800. The second-order valence-corrected chi connectivity index (χ2v) is 5.27. The minimum atomic E-state index is 0.800.